The highest BCUT2D eigenvalue weighted by Crippen LogP contribution is 2.26. The molecule has 0 aliphatic carbocycles. The summed E-state index contributed by atoms with van der Waals surface area (Å²) in [6.45, 7) is 1.73. The summed E-state index contributed by atoms with van der Waals surface area (Å²) in [5, 5.41) is 2.70. The molecule has 0 fully saturated rings. The second-order valence-corrected chi connectivity index (χ2v) is 7.55. The van der Waals surface area contributed by atoms with E-state index < -0.39 is 17.7 Å². The molecule has 0 saturated heterocycles. The molecule has 0 radical (unpaired) electrons. The predicted molar refractivity (Wildman–Crippen MR) is 116 cm³/mol. The lowest BCUT2D eigenvalue weighted by atomic mass is 10.2. The lowest BCUT2D eigenvalue weighted by Gasteiger charge is -2.22. The fourth-order valence-electron chi connectivity index (χ4n) is 2.83. The maximum atomic E-state index is 13.2. The van der Waals surface area contributed by atoms with Crippen LogP contribution in [-0.4, -0.2) is 28.6 Å². The molecule has 0 bridgehead atoms. The van der Waals surface area contributed by atoms with Gasteiger partial charge in [0.1, 0.15) is 17.2 Å². The van der Waals surface area contributed by atoms with Crippen LogP contribution < -0.4 is 21.7 Å². The van der Waals surface area contributed by atoms with E-state index in [2.05, 4.69) is 9.69 Å². The van der Waals surface area contributed by atoms with Crippen molar-refractivity contribution in [1.29, 1.82) is 0 Å². The number of nitrogen functional groups attached to an aromatic ring is 1. The Morgan fingerprint density at radius 2 is 1.87 bits per heavy atom. The number of nitrogens with two attached hydrogens (primary N) is 2. The van der Waals surface area contributed by atoms with E-state index in [1.165, 1.54) is 17.0 Å². The van der Waals surface area contributed by atoms with Crippen LogP contribution in [0.3, 0.4) is 0 Å². The third-order valence-corrected chi connectivity index (χ3v) is 5.27. The predicted octanol–water partition coefficient (Wildman–Crippen LogP) is 2.23. The van der Waals surface area contributed by atoms with Gasteiger partial charge in [0.25, 0.3) is 11.8 Å². The molecule has 10 heteroatoms. The van der Waals surface area contributed by atoms with E-state index in [0.29, 0.717) is 11.3 Å². The fourth-order valence-corrected chi connectivity index (χ4v) is 3.58. The number of primary amides is 1. The second-order valence-electron chi connectivity index (χ2n) is 6.77. The average molecular weight is 441 g/mol. The Kier molecular flexibility index (Phi) is 6.61. The third-order valence-electron chi connectivity index (χ3n) is 4.42. The molecule has 1 aromatic heterocycles. The number of carbonyl (C=O) groups is 3. The number of amides is 3. The van der Waals surface area contributed by atoms with Crippen LogP contribution in [0.15, 0.2) is 48.5 Å². The summed E-state index contributed by atoms with van der Waals surface area (Å²) in [5.74, 6) is -2.22. The van der Waals surface area contributed by atoms with E-state index >= 15 is 0 Å². The lowest BCUT2D eigenvalue weighted by Crippen LogP contribution is -2.40. The Bertz CT molecular complexity index is 1130. The molecule has 2 aromatic carbocycles. The van der Waals surface area contributed by atoms with Crippen molar-refractivity contribution in [2.24, 2.45) is 5.73 Å². The highest BCUT2D eigenvalue weighted by molar-refractivity contribution is 7.09. The molecule has 0 unspecified atom stereocenters. The van der Waals surface area contributed by atoms with Crippen molar-refractivity contribution in [3.05, 3.63) is 76.0 Å². The minimum atomic E-state index is -0.841. The van der Waals surface area contributed by atoms with E-state index in [1.54, 1.807) is 30.3 Å². The van der Waals surface area contributed by atoms with Crippen LogP contribution in [0.2, 0.25) is 0 Å². The number of carbonyl (C=O) groups excluding carboxylic acids is 3. The van der Waals surface area contributed by atoms with Gasteiger partial charge in [0, 0.05) is 12.2 Å². The number of nitrogens with zero attached hydrogens (tertiary/aromatic N) is 2. The molecule has 3 aromatic rings. The van der Waals surface area contributed by atoms with Gasteiger partial charge in [0.2, 0.25) is 5.91 Å². The van der Waals surface area contributed by atoms with Gasteiger partial charge in [-0.25, -0.2) is 4.39 Å². The highest BCUT2D eigenvalue weighted by atomic mass is 32.1. The topological polar surface area (TPSA) is 131 Å². The Hall–Kier alpha value is -3.79. The molecule has 160 valence electrons. The minimum Gasteiger partial charge on any atom is -0.395 e. The first kappa shape index (κ1) is 21.9. The van der Waals surface area contributed by atoms with E-state index in [-0.39, 0.29) is 35.2 Å². The van der Waals surface area contributed by atoms with Gasteiger partial charge in [-0.3, -0.25) is 19.3 Å². The minimum absolute atomic E-state index is 0.0154. The van der Waals surface area contributed by atoms with Crippen LogP contribution >= 0.6 is 11.5 Å². The first-order valence-corrected chi connectivity index (χ1v) is 9.98. The normalized spacial score (nSPS) is 10.5. The van der Waals surface area contributed by atoms with Gasteiger partial charge < -0.3 is 16.8 Å². The van der Waals surface area contributed by atoms with E-state index in [9.17, 15) is 18.8 Å². The van der Waals surface area contributed by atoms with Gasteiger partial charge in [0.05, 0.1) is 5.69 Å². The van der Waals surface area contributed by atoms with Crippen LogP contribution in [0.4, 0.5) is 15.8 Å². The van der Waals surface area contributed by atoms with Gasteiger partial charge in [0.15, 0.2) is 5.69 Å². The van der Waals surface area contributed by atoms with Crippen molar-refractivity contribution < 1.29 is 18.8 Å². The van der Waals surface area contributed by atoms with Gasteiger partial charge in [-0.15, -0.1) is 0 Å². The summed E-state index contributed by atoms with van der Waals surface area (Å²) in [6.07, 6.45) is 0. The average Bonchev–Trinajstić information content (AvgIpc) is 3.12. The maximum absolute atomic E-state index is 13.2. The summed E-state index contributed by atoms with van der Waals surface area (Å²) < 4.78 is 16.9. The number of aromatic nitrogens is 1. The molecule has 0 aliphatic rings. The molecular weight excluding hydrogens is 421 g/mol. The second kappa shape index (κ2) is 9.35. The summed E-state index contributed by atoms with van der Waals surface area (Å²) in [6, 6.07) is 12.8. The highest BCUT2D eigenvalue weighted by Gasteiger charge is 2.27. The third kappa shape index (κ3) is 5.23. The van der Waals surface area contributed by atoms with Gasteiger partial charge in [-0.2, -0.15) is 4.37 Å². The molecule has 0 saturated carbocycles. The van der Waals surface area contributed by atoms with E-state index in [4.69, 9.17) is 11.5 Å². The summed E-state index contributed by atoms with van der Waals surface area (Å²) >= 11 is 0.744. The molecular formula is C21H20FN5O3S. The molecule has 31 heavy (non-hydrogen) atoms. The quantitative estimate of drug-likeness (QED) is 0.517. The van der Waals surface area contributed by atoms with Crippen LogP contribution in [0, 0.1) is 12.7 Å². The van der Waals surface area contributed by atoms with Gasteiger partial charge >= 0.3 is 0 Å². The first-order chi connectivity index (χ1) is 14.8. The summed E-state index contributed by atoms with van der Waals surface area (Å²) in [7, 11) is 0. The Labute approximate surface area is 181 Å². The van der Waals surface area contributed by atoms with Crippen molar-refractivity contribution in [2.75, 3.05) is 17.2 Å². The molecule has 5 N–H and O–H groups in total. The van der Waals surface area contributed by atoms with Crippen molar-refractivity contribution in [3.63, 3.8) is 0 Å². The van der Waals surface area contributed by atoms with E-state index in [1.807, 2.05) is 13.0 Å². The summed E-state index contributed by atoms with van der Waals surface area (Å²) in [5.41, 5.74) is 12.9. The summed E-state index contributed by atoms with van der Waals surface area (Å²) in [4.78, 5) is 38.5. The Morgan fingerprint density at radius 1 is 1.16 bits per heavy atom. The largest absolute Gasteiger partial charge is 0.395 e. The van der Waals surface area contributed by atoms with Gasteiger partial charge in [-0.1, -0.05) is 24.3 Å². The smallest absolute Gasteiger partial charge is 0.272 e. The number of rotatable bonds is 7. The number of anilines is 2. The van der Waals surface area contributed by atoms with Crippen LogP contribution in [-0.2, 0) is 11.3 Å². The molecule has 8 nitrogen and oxygen atoms in total. The standard InChI is InChI=1S/C21H20FN5O3S/c1-12-3-2-4-15(9-12)27(21(30)19-17(23)18(20(24)29)26-31-19)11-16(28)25-10-13-5-7-14(22)8-6-13/h2-9H,10-11,23H2,1H3,(H2,24,29)(H,25,28). The number of aryl methyl sites for hydroxylation is 1. The number of hydrogen-bond donors (Lipinski definition) is 3. The van der Waals surface area contributed by atoms with Crippen molar-refractivity contribution in [3.8, 4) is 0 Å². The van der Waals surface area contributed by atoms with Gasteiger partial charge in [-0.05, 0) is 53.8 Å². The van der Waals surface area contributed by atoms with Crippen molar-refractivity contribution in [2.45, 2.75) is 13.5 Å². The molecule has 1 heterocycles. The van der Waals surface area contributed by atoms with Crippen molar-refractivity contribution >= 4 is 40.6 Å². The zero-order valence-corrected chi connectivity index (χ0v) is 17.4. The monoisotopic (exact) mass is 441 g/mol. The zero-order valence-electron chi connectivity index (χ0n) is 16.6. The van der Waals surface area contributed by atoms with E-state index in [0.717, 1.165) is 17.1 Å². The Morgan fingerprint density at radius 3 is 2.48 bits per heavy atom. The number of benzene rings is 2. The molecule has 3 amide bonds. The SMILES string of the molecule is Cc1cccc(N(CC(=O)NCc2ccc(F)cc2)C(=O)c2snc(C(N)=O)c2N)c1. The fraction of sp³-hybridized carbons (Fsp3) is 0.143. The molecule has 0 atom stereocenters. The lowest BCUT2D eigenvalue weighted by molar-refractivity contribution is -0.119. The number of nitrogens with one attached hydrogen (secondary N) is 1. The maximum Gasteiger partial charge on any atom is 0.272 e. The zero-order chi connectivity index (χ0) is 22.5. The Balaban J connectivity index is 1.83. The van der Waals surface area contributed by atoms with Crippen molar-refractivity contribution in [1.82, 2.24) is 9.69 Å². The molecule has 3 rings (SSSR count). The number of halogens is 1. The molecule has 0 spiro atoms. The first-order valence-electron chi connectivity index (χ1n) is 9.21. The van der Waals surface area contributed by atoms with Crippen LogP contribution in [0.25, 0.3) is 0 Å². The van der Waals surface area contributed by atoms with Crippen LogP contribution in [0.1, 0.15) is 31.3 Å². The molecule has 0 aliphatic heterocycles. The number of hydrogen-bond acceptors (Lipinski definition) is 6. The van der Waals surface area contributed by atoms with Crippen LogP contribution in [0.5, 0.6) is 0 Å².